The van der Waals surface area contributed by atoms with Gasteiger partial charge in [-0.05, 0) is 101 Å². The molecule has 8 rings (SSSR count). The van der Waals surface area contributed by atoms with E-state index in [1.807, 2.05) is 26.0 Å². The van der Waals surface area contributed by atoms with Gasteiger partial charge in [-0.3, -0.25) is 38.5 Å². The van der Waals surface area contributed by atoms with Crippen molar-refractivity contribution in [1.29, 1.82) is 0 Å². The number of hydrogen-bond acceptors (Lipinski definition) is 13. The summed E-state index contributed by atoms with van der Waals surface area (Å²) < 4.78 is 30.8. The maximum atomic E-state index is 17.7. The van der Waals surface area contributed by atoms with Crippen LogP contribution >= 0.6 is 0 Å². The molecule has 0 radical (unpaired) electrons. The molecule has 1 aromatic heterocycles. The van der Waals surface area contributed by atoms with E-state index >= 15 is 4.39 Å². The molecule has 3 saturated carbocycles. The van der Waals surface area contributed by atoms with Crippen molar-refractivity contribution in [2.24, 2.45) is 22.7 Å². The number of alkyl halides is 1. The fourth-order valence-electron chi connectivity index (χ4n) is 11.4. The van der Waals surface area contributed by atoms with Crippen molar-refractivity contribution in [3.8, 4) is 0 Å². The highest BCUT2D eigenvalue weighted by Crippen LogP contribution is 2.72. The molecule has 1 aromatic carbocycles. The first kappa shape index (κ1) is 46.6. The molecule has 0 spiro atoms. The zero-order chi connectivity index (χ0) is 47.5. The number of pyridine rings is 1. The summed E-state index contributed by atoms with van der Waals surface area (Å²) in [7, 11) is 0. The molecule has 4 fully saturated rings. The number of aliphatic hydroxyl groups is 2. The standard InChI is InChI=1S/C48H55FN6O11/c1-25(28-6-10-31(11-7-28)54-43(64)27(3)53-42(63)26(2)52-39(60)17-19-55-40(61)14-15-41(55)62)51-38-13-8-29(23-50-38)44-65-37-21-34-33-12-9-30-20-32(57)16-18-45(30,4)47(33,49)35(58)22-46(34,5)48(37,66-44)36(59)24-56/h6-8,10-11,13-16,18,20,23,25-27,33-35,37,44,56,58H,9,12,17,19,21-22,24H2,1-5H3,(H,50,51)(H,52,60)(H,53,63)(H,54,64)/t25-,26+,27+,33+,34+,35+,37-,44-,45+,46+,47+,48-/m1/s1. The minimum Gasteiger partial charge on any atom is -0.390 e. The third kappa shape index (κ3) is 7.66. The number of carbonyl (C=O) groups excluding carboxylic acids is 7. The van der Waals surface area contributed by atoms with Gasteiger partial charge in [0.15, 0.2) is 29.1 Å². The van der Waals surface area contributed by atoms with Gasteiger partial charge in [0, 0.05) is 65.4 Å². The van der Waals surface area contributed by atoms with Gasteiger partial charge in [0.2, 0.25) is 17.7 Å². The zero-order valence-electron chi connectivity index (χ0n) is 37.3. The predicted molar refractivity (Wildman–Crippen MR) is 234 cm³/mol. The van der Waals surface area contributed by atoms with Crippen LogP contribution in [0, 0.1) is 22.7 Å². The second-order valence-corrected chi connectivity index (χ2v) is 18.8. The highest BCUT2D eigenvalue weighted by atomic mass is 19.1. The number of Topliss-reactive ketones (excluding diaryl/α,β-unsaturated/α-hetero) is 1. The molecule has 66 heavy (non-hydrogen) atoms. The number of aliphatic hydroxyl groups excluding tert-OH is 2. The summed E-state index contributed by atoms with van der Waals surface area (Å²) in [5, 5.41) is 33.3. The smallest absolute Gasteiger partial charge is 0.253 e. The van der Waals surface area contributed by atoms with Gasteiger partial charge >= 0.3 is 0 Å². The van der Waals surface area contributed by atoms with Crippen LogP contribution in [0.1, 0.15) is 90.2 Å². The lowest BCUT2D eigenvalue weighted by molar-refractivity contribution is -0.231. The molecule has 3 heterocycles. The number of aromatic nitrogens is 1. The lowest BCUT2D eigenvalue weighted by Crippen LogP contribution is -2.69. The molecule has 6 aliphatic rings. The Morgan fingerprint density at radius 1 is 0.939 bits per heavy atom. The van der Waals surface area contributed by atoms with Gasteiger partial charge in [0.05, 0.1) is 12.2 Å². The van der Waals surface area contributed by atoms with E-state index in [2.05, 4.69) is 26.3 Å². The summed E-state index contributed by atoms with van der Waals surface area (Å²) in [6.45, 7) is 7.49. The van der Waals surface area contributed by atoms with E-state index in [4.69, 9.17) is 9.47 Å². The molecule has 4 aliphatic carbocycles. The van der Waals surface area contributed by atoms with Crippen molar-refractivity contribution < 1.29 is 57.6 Å². The Morgan fingerprint density at radius 3 is 2.30 bits per heavy atom. The fraction of sp³-hybridized carbons (Fsp3) is 0.500. The minimum absolute atomic E-state index is 0.115. The van der Waals surface area contributed by atoms with Crippen molar-refractivity contribution in [1.82, 2.24) is 20.5 Å². The highest BCUT2D eigenvalue weighted by molar-refractivity contribution is 6.13. The molecule has 0 unspecified atom stereocenters. The van der Waals surface area contributed by atoms with Gasteiger partial charge in [-0.2, -0.15) is 0 Å². The molecule has 2 aliphatic heterocycles. The quantitative estimate of drug-likeness (QED) is 0.150. The van der Waals surface area contributed by atoms with Crippen LogP contribution in [0.2, 0.25) is 0 Å². The highest BCUT2D eigenvalue weighted by Gasteiger charge is 2.79. The van der Waals surface area contributed by atoms with E-state index in [0.717, 1.165) is 22.6 Å². The number of fused-ring (bicyclic) bond motifs is 7. The van der Waals surface area contributed by atoms with E-state index in [-0.39, 0.29) is 37.6 Å². The maximum absolute atomic E-state index is 17.7. The fourth-order valence-corrected chi connectivity index (χ4v) is 11.4. The Morgan fingerprint density at radius 2 is 1.64 bits per heavy atom. The van der Waals surface area contributed by atoms with E-state index in [9.17, 15) is 43.8 Å². The van der Waals surface area contributed by atoms with Crippen molar-refractivity contribution >= 4 is 52.6 Å². The largest absolute Gasteiger partial charge is 0.390 e. The second-order valence-electron chi connectivity index (χ2n) is 18.8. The normalized spacial score (nSPS) is 33.2. The molecule has 2 aromatic rings. The van der Waals surface area contributed by atoms with Crippen LogP contribution in [0.25, 0.3) is 0 Å². The molecule has 6 N–H and O–H groups in total. The molecular formula is C48H55FN6O11. The van der Waals surface area contributed by atoms with Crippen LogP contribution in [-0.4, -0.2) is 110 Å². The molecule has 0 bridgehead atoms. The average molecular weight is 911 g/mol. The van der Waals surface area contributed by atoms with Gasteiger partial charge in [-0.1, -0.05) is 30.7 Å². The number of benzene rings is 1. The number of carbonyl (C=O) groups is 7. The van der Waals surface area contributed by atoms with Crippen LogP contribution in [-0.2, 0) is 43.0 Å². The van der Waals surface area contributed by atoms with Crippen LogP contribution < -0.4 is 21.3 Å². The minimum atomic E-state index is -2.10. The number of imide groups is 1. The van der Waals surface area contributed by atoms with Crippen LogP contribution in [0.15, 0.2) is 78.5 Å². The average Bonchev–Trinajstić information content (AvgIpc) is 3.91. The Kier molecular flexibility index (Phi) is 12.3. The Hall–Kier alpha value is -5.95. The van der Waals surface area contributed by atoms with Crippen LogP contribution in [0.3, 0.4) is 0 Å². The third-order valence-corrected chi connectivity index (χ3v) is 15.0. The number of halogens is 1. The summed E-state index contributed by atoms with van der Waals surface area (Å²) in [6, 6.07) is 8.37. The van der Waals surface area contributed by atoms with Crippen LogP contribution in [0.5, 0.6) is 0 Å². The monoisotopic (exact) mass is 910 g/mol. The van der Waals surface area contributed by atoms with Gasteiger partial charge in [0.25, 0.3) is 11.8 Å². The maximum Gasteiger partial charge on any atom is 0.253 e. The molecule has 18 heteroatoms. The molecular weight excluding hydrogens is 856 g/mol. The number of amides is 5. The first-order valence-electron chi connectivity index (χ1n) is 22.3. The number of nitrogens with zero attached hydrogens (tertiary/aromatic N) is 2. The SMILES string of the molecule is C[C@H](NC(=O)CCN1C(=O)C=CC1=O)C(=O)N[C@@H](C)C(=O)Nc1ccc([C@@H](C)Nc2ccc([C@@H]3O[C@@H]4C[C@H]5[C@@H]6CCC7=CC(=O)C=C[C@]7(C)[C@@]6(F)[C@@H](O)C[C@]5(C)[C@]4(C(=O)CO)O3)cn2)cc1. The number of ketones is 2. The summed E-state index contributed by atoms with van der Waals surface area (Å²) >= 11 is 0. The van der Waals surface area contributed by atoms with E-state index in [0.29, 0.717) is 35.5 Å². The van der Waals surface area contributed by atoms with Gasteiger partial charge < -0.3 is 41.0 Å². The third-order valence-electron chi connectivity index (χ3n) is 15.0. The van der Waals surface area contributed by atoms with Crippen molar-refractivity contribution in [3.05, 3.63) is 89.7 Å². The molecule has 12 atom stereocenters. The Bertz CT molecular complexity index is 2430. The first-order chi connectivity index (χ1) is 31.2. The van der Waals surface area contributed by atoms with Crippen LogP contribution in [0.4, 0.5) is 15.9 Å². The molecule has 17 nitrogen and oxygen atoms in total. The summed E-state index contributed by atoms with van der Waals surface area (Å²) in [4.78, 5) is 93.0. The summed E-state index contributed by atoms with van der Waals surface area (Å²) in [5.41, 5.74) is -3.53. The van der Waals surface area contributed by atoms with E-state index < -0.39 is 106 Å². The van der Waals surface area contributed by atoms with Gasteiger partial charge in [-0.15, -0.1) is 0 Å². The summed E-state index contributed by atoms with van der Waals surface area (Å²) in [6.07, 6.45) is 5.70. The molecule has 1 saturated heterocycles. The first-order valence-corrected chi connectivity index (χ1v) is 22.3. The van der Waals surface area contributed by atoms with Gasteiger partial charge in [0.1, 0.15) is 24.5 Å². The number of nitrogens with one attached hydrogen (secondary N) is 4. The van der Waals surface area contributed by atoms with Crippen molar-refractivity contribution in [3.63, 3.8) is 0 Å². The number of rotatable bonds is 14. The lowest BCUT2D eigenvalue weighted by atomic mass is 9.44. The van der Waals surface area contributed by atoms with Crippen molar-refractivity contribution in [2.75, 3.05) is 23.8 Å². The number of hydrogen-bond donors (Lipinski definition) is 6. The summed E-state index contributed by atoms with van der Waals surface area (Å²) in [5.74, 6) is -4.03. The molecule has 350 valence electrons. The van der Waals surface area contributed by atoms with Crippen molar-refractivity contribution in [2.45, 2.75) is 115 Å². The van der Waals surface area contributed by atoms with Gasteiger partial charge in [-0.25, -0.2) is 9.37 Å². The Labute approximate surface area is 380 Å². The van der Waals surface area contributed by atoms with E-state index in [1.54, 1.807) is 43.5 Å². The zero-order valence-corrected chi connectivity index (χ0v) is 37.3. The number of ether oxygens (including phenoxy) is 2. The Balaban J connectivity index is 0.850. The second kappa shape index (κ2) is 17.4. The lowest BCUT2D eigenvalue weighted by Gasteiger charge is -2.62. The molecule has 5 amide bonds. The number of anilines is 2. The predicted octanol–water partition coefficient (Wildman–Crippen LogP) is 3.21. The topological polar surface area (TPSA) is 243 Å². The number of allylic oxidation sites excluding steroid dienone is 4. The van der Waals surface area contributed by atoms with E-state index in [1.165, 1.54) is 26.0 Å².